The zero-order chi connectivity index (χ0) is 30.2. The van der Waals surface area contributed by atoms with Crippen molar-refractivity contribution in [3.63, 3.8) is 0 Å². The molecule has 0 fully saturated rings. The van der Waals surface area contributed by atoms with Crippen molar-refractivity contribution >= 4 is 27.5 Å². The lowest BCUT2D eigenvalue weighted by atomic mass is 10.1. The highest BCUT2D eigenvalue weighted by molar-refractivity contribution is 7.92. The third-order valence-corrected chi connectivity index (χ3v) is 9.05. The lowest BCUT2D eigenvalue weighted by molar-refractivity contribution is -0.140. The van der Waals surface area contributed by atoms with E-state index in [1.54, 1.807) is 49.6 Å². The molecule has 3 aromatic carbocycles. The molecule has 0 aromatic heterocycles. The number of aryl methyl sites for hydroxylation is 2. The average Bonchev–Trinajstić information content (AvgIpc) is 2.97. The van der Waals surface area contributed by atoms with Gasteiger partial charge in [-0.2, -0.15) is 0 Å². The van der Waals surface area contributed by atoms with Crippen LogP contribution in [0.4, 0.5) is 5.69 Å². The molecular weight excluding hydrogens is 538 g/mol. The number of sulfonamides is 1. The van der Waals surface area contributed by atoms with Crippen molar-refractivity contribution in [2.45, 2.75) is 71.0 Å². The first-order chi connectivity index (χ1) is 19.5. The number of methoxy groups -OCH3 is 1. The summed E-state index contributed by atoms with van der Waals surface area (Å²) in [6.07, 6.45) is 1.09. The summed E-state index contributed by atoms with van der Waals surface area (Å²) in [5, 5.41) is 2.99. The minimum atomic E-state index is -4.11. The van der Waals surface area contributed by atoms with Gasteiger partial charge in [0.2, 0.25) is 11.8 Å². The van der Waals surface area contributed by atoms with Crippen LogP contribution in [0.5, 0.6) is 5.75 Å². The fraction of sp³-hybridized carbons (Fsp3) is 0.375. The zero-order valence-electron chi connectivity index (χ0n) is 24.8. The van der Waals surface area contributed by atoms with Crippen LogP contribution in [-0.4, -0.2) is 50.9 Å². The highest BCUT2D eigenvalue weighted by atomic mass is 32.2. The average molecular weight is 580 g/mol. The van der Waals surface area contributed by atoms with E-state index in [1.807, 2.05) is 52.8 Å². The Morgan fingerprint density at radius 1 is 0.902 bits per heavy atom. The maximum atomic E-state index is 14.2. The molecule has 2 atom stereocenters. The van der Waals surface area contributed by atoms with Crippen LogP contribution >= 0.6 is 0 Å². The predicted octanol–water partition coefficient (Wildman–Crippen LogP) is 5.23. The Hall–Kier alpha value is -3.85. The van der Waals surface area contributed by atoms with Crippen molar-refractivity contribution < 1.29 is 22.7 Å². The molecular formula is C32H41N3O5S. The van der Waals surface area contributed by atoms with Crippen LogP contribution in [0.15, 0.2) is 77.7 Å². The van der Waals surface area contributed by atoms with E-state index >= 15 is 0 Å². The van der Waals surface area contributed by atoms with Crippen molar-refractivity contribution in [1.82, 2.24) is 10.2 Å². The van der Waals surface area contributed by atoms with Gasteiger partial charge in [-0.15, -0.1) is 0 Å². The minimum absolute atomic E-state index is 0.0733. The van der Waals surface area contributed by atoms with Gasteiger partial charge < -0.3 is 15.0 Å². The highest BCUT2D eigenvalue weighted by Gasteiger charge is 2.34. The standard InChI is InChI=1S/C32H41N3O5S/c1-7-25(5)33-32(37)30(8-2)34(21-26-13-12-14-28(20-26)40-6)31(36)22-35(27-18-17-23(3)24(4)19-27)41(38,39)29-15-10-9-11-16-29/h9-20,25,30H,7-8,21-22H2,1-6H3,(H,33,37)/t25-,30+/m0/s1. The summed E-state index contributed by atoms with van der Waals surface area (Å²) in [7, 11) is -2.54. The summed E-state index contributed by atoms with van der Waals surface area (Å²) in [5.74, 6) is -0.145. The van der Waals surface area contributed by atoms with Gasteiger partial charge in [-0.25, -0.2) is 8.42 Å². The summed E-state index contributed by atoms with van der Waals surface area (Å²) in [6, 6.07) is 19.8. The number of amides is 2. The van der Waals surface area contributed by atoms with E-state index in [4.69, 9.17) is 4.74 Å². The maximum absolute atomic E-state index is 14.2. The second-order valence-electron chi connectivity index (χ2n) is 10.2. The molecule has 0 radical (unpaired) electrons. The lowest BCUT2D eigenvalue weighted by Gasteiger charge is -2.34. The molecule has 0 saturated heterocycles. The number of anilines is 1. The van der Waals surface area contributed by atoms with E-state index in [0.717, 1.165) is 27.4 Å². The number of ether oxygens (including phenoxy) is 1. The predicted molar refractivity (Wildman–Crippen MR) is 162 cm³/mol. The van der Waals surface area contributed by atoms with Gasteiger partial charge in [0.15, 0.2) is 0 Å². The van der Waals surface area contributed by atoms with Crippen molar-refractivity contribution in [2.75, 3.05) is 18.0 Å². The molecule has 0 unspecified atom stereocenters. The molecule has 1 N–H and O–H groups in total. The fourth-order valence-electron chi connectivity index (χ4n) is 4.46. The second kappa shape index (κ2) is 14.2. The summed E-state index contributed by atoms with van der Waals surface area (Å²) < 4.78 is 34.4. The number of nitrogens with one attached hydrogen (secondary N) is 1. The van der Waals surface area contributed by atoms with E-state index in [9.17, 15) is 18.0 Å². The van der Waals surface area contributed by atoms with Gasteiger partial charge in [0.25, 0.3) is 10.0 Å². The molecule has 8 nitrogen and oxygen atoms in total. The largest absolute Gasteiger partial charge is 0.497 e. The van der Waals surface area contributed by atoms with Gasteiger partial charge in [0.1, 0.15) is 18.3 Å². The van der Waals surface area contributed by atoms with Gasteiger partial charge in [-0.1, -0.05) is 50.2 Å². The molecule has 3 aromatic rings. The summed E-state index contributed by atoms with van der Waals surface area (Å²) >= 11 is 0. The highest BCUT2D eigenvalue weighted by Crippen LogP contribution is 2.27. The van der Waals surface area contributed by atoms with Crippen LogP contribution in [0, 0.1) is 13.8 Å². The molecule has 0 aliphatic rings. The van der Waals surface area contributed by atoms with E-state index in [2.05, 4.69) is 5.32 Å². The normalized spacial score (nSPS) is 12.7. The first kappa shape index (κ1) is 31.7. The van der Waals surface area contributed by atoms with Crippen molar-refractivity contribution in [3.8, 4) is 5.75 Å². The third kappa shape index (κ3) is 7.88. The molecule has 3 rings (SSSR count). The first-order valence-corrected chi connectivity index (χ1v) is 15.3. The van der Waals surface area contributed by atoms with Crippen molar-refractivity contribution in [3.05, 3.63) is 89.5 Å². The Morgan fingerprint density at radius 3 is 2.22 bits per heavy atom. The summed E-state index contributed by atoms with van der Waals surface area (Å²) in [5.41, 5.74) is 3.04. The van der Waals surface area contributed by atoms with Crippen molar-refractivity contribution in [1.29, 1.82) is 0 Å². The first-order valence-electron chi connectivity index (χ1n) is 13.9. The number of carbonyl (C=O) groups excluding carboxylic acids is 2. The lowest BCUT2D eigenvalue weighted by Crippen LogP contribution is -2.53. The zero-order valence-corrected chi connectivity index (χ0v) is 25.6. The molecule has 41 heavy (non-hydrogen) atoms. The molecule has 0 saturated carbocycles. The van der Waals surface area contributed by atoms with E-state index in [-0.39, 0.29) is 23.4 Å². The molecule has 9 heteroatoms. The summed E-state index contributed by atoms with van der Waals surface area (Å²) in [6.45, 7) is 9.20. The Bertz CT molecular complexity index is 1440. The molecule has 0 bridgehead atoms. The van der Waals surface area contributed by atoms with Crippen LogP contribution in [0.3, 0.4) is 0 Å². The van der Waals surface area contributed by atoms with Gasteiger partial charge in [-0.3, -0.25) is 13.9 Å². The molecule has 220 valence electrons. The Labute approximate surface area is 244 Å². The third-order valence-electron chi connectivity index (χ3n) is 7.26. The Balaban J connectivity index is 2.08. The van der Waals surface area contributed by atoms with E-state index < -0.39 is 28.5 Å². The van der Waals surface area contributed by atoms with Crippen LogP contribution in [0.1, 0.15) is 50.3 Å². The van der Waals surface area contributed by atoms with Gasteiger partial charge in [0.05, 0.1) is 17.7 Å². The second-order valence-corrected chi connectivity index (χ2v) is 12.1. The number of rotatable bonds is 13. The van der Waals surface area contributed by atoms with Crippen LogP contribution in [0.25, 0.3) is 0 Å². The minimum Gasteiger partial charge on any atom is -0.497 e. The van der Waals surface area contributed by atoms with E-state index in [0.29, 0.717) is 17.9 Å². The monoisotopic (exact) mass is 579 g/mol. The Morgan fingerprint density at radius 2 is 1.61 bits per heavy atom. The fourth-order valence-corrected chi connectivity index (χ4v) is 5.88. The molecule has 0 spiro atoms. The van der Waals surface area contributed by atoms with E-state index in [1.165, 1.54) is 17.0 Å². The molecule has 2 amide bonds. The van der Waals surface area contributed by atoms with Crippen LogP contribution < -0.4 is 14.4 Å². The maximum Gasteiger partial charge on any atom is 0.264 e. The number of hydrogen-bond acceptors (Lipinski definition) is 5. The molecule has 0 aliphatic heterocycles. The number of hydrogen-bond donors (Lipinski definition) is 1. The van der Waals surface area contributed by atoms with Crippen LogP contribution in [-0.2, 0) is 26.2 Å². The van der Waals surface area contributed by atoms with Crippen molar-refractivity contribution in [2.24, 2.45) is 0 Å². The van der Waals surface area contributed by atoms with Gasteiger partial charge >= 0.3 is 0 Å². The molecule has 0 heterocycles. The number of carbonyl (C=O) groups is 2. The topological polar surface area (TPSA) is 96.0 Å². The number of benzene rings is 3. The quantitative estimate of drug-likeness (QED) is 0.299. The Kier molecular flexibility index (Phi) is 10.9. The van der Waals surface area contributed by atoms with Gasteiger partial charge in [-0.05, 0) is 86.7 Å². The smallest absolute Gasteiger partial charge is 0.264 e. The SMILES string of the molecule is CC[C@H](C(=O)N[C@@H](C)CC)N(Cc1cccc(OC)c1)C(=O)CN(c1ccc(C)c(C)c1)S(=O)(=O)c1ccccc1. The summed E-state index contributed by atoms with van der Waals surface area (Å²) in [4.78, 5) is 29.1. The molecule has 0 aliphatic carbocycles. The van der Waals surface area contributed by atoms with Crippen LogP contribution in [0.2, 0.25) is 0 Å². The van der Waals surface area contributed by atoms with Gasteiger partial charge in [0, 0.05) is 12.6 Å². The number of nitrogens with zero attached hydrogens (tertiary/aromatic N) is 2.